The van der Waals surface area contributed by atoms with Crippen LogP contribution >= 0.6 is 11.8 Å². The second-order valence-electron chi connectivity index (χ2n) is 6.80. The molecule has 2 fully saturated rings. The van der Waals surface area contributed by atoms with Crippen molar-refractivity contribution in [2.24, 2.45) is 5.92 Å². The van der Waals surface area contributed by atoms with Gasteiger partial charge in [-0.1, -0.05) is 12.1 Å². The third kappa shape index (κ3) is 5.22. The average Bonchev–Trinajstić information content (AvgIpc) is 3.20. The topological polar surface area (TPSA) is 61.4 Å². The fourth-order valence-corrected chi connectivity index (χ4v) is 4.36. The van der Waals surface area contributed by atoms with Crippen LogP contribution in [-0.4, -0.2) is 55.2 Å². The molecule has 0 aromatic heterocycles. The van der Waals surface area contributed by atoms with E-state index in [1.54, 1.807) is 0 Å². The predicted molar refractivity (Wildman–Crippen MR) is 101 cm³/mol. The Hall–Kier alpha value is -1.53. The summed E-state index contributed by atoms with van der Waals surface area (Å²) in [6, 6.07) is 7.57. The van der Waals surface area contributed by atoms with E-state index in [4.69, 9.17) is 0 Å². The van der Waals surface area contributed by atoms with E-state index < -0.39 is 0 Å². The van der Waals surface area contributed by atoms with E-state index in [1.165, 1.54) is 18.2 Å². The molecule has 5 nitrogen and oxygen atoms in total. The lowest BCUT2D eigenvalue weighted by atomic mass is 10.00. The third-order valence-electron chi connectivity index (χ3n) is 4.89. The molecule has 136 valence electrons. The highest BCUT2D eigenvalue weighted by Gasteiger charge is 2.20. The van der Waals surface area contributed by atoms with Crippen molar-refractivity contribution in [3.8, 4) is 0 Å². The number of thioether (sulfide) groups is 1. The Morgan fingerprint density at radius 3 is 2.76 bits per heavy atom. The van der Waals surface area contributed by atoms with Gasteiger partial charge in [-0.2, -0.15) is 0 Å². The van der Waals surface area contributed by atoms with Crippen LogP contribution in [0.1, 0.15) is 36.0 Å². The zero-order valence-corrected chi connectivity index (χ0v) is 15.4. The highest BCUT2D eigenvalue weighted by molar-refractivity contribution is 8.00. The zero-order chi connectivity index (χ0) is 17.5. The maximum absolute atomic E-state index is 12.6. The summed E-state index contributed by atoms with van der Waals surface area (Å²) in [6.45, 7) is 4.50. The summed E-state index contributed by atoms with van der Waals surface area (Å²) in [6.07, 6.45) is 4.54. The molecule has 2 heterocycles. The molecule has 25 heavy (non-hydrogen) atoms. The summed E-state index contributed by atoms with van der Waals surface area (Å²) >= 11 is 1.47. The van der Waals surface area contributed by atoms with Crippen molar-refractivity contribution in [1.82, 2.24) is 15.5 Å². The highest BCUT2D eigenvalue weighted by Crippen LogP contribution is 2.24. The molecule has 3 rings (SSSR count). The van der Waals surface area contributed by atoms with Crippen LogP contribution in [0.25, 0.3) is 0 Å². The molecule has 2 amide bonds. The number of amides is 2. The number of carbonyl (C=O) groups is 2. The molecule has 2 saturated heterocycles. The largest absolute Gasteiger partial charge is 0.352 e. The van der Waals surface area contributed by atoms with Gasteiger partial charge >= 0.3 is 0 Å². The maximum Gasteiger partial charge on any atom is 0.252 e. The van der Waals surface area contributed by atoms with E-state index in [0.717, 1.165) is 50.3 Å². The van der Waals surface area contributed by atoms with Gasteiger partial charge in [0.25, 0.3) is 5.91 Å². The Bertz CT molecular complexity index is 596. The van der Waals surface area contributed by atoms with E-state index in [9.17, 15) is 9.59 Å². The number of nitrogens with one attached hydrogen (secondary N) is 2. The van der Waals surface area contributed by atoms with Crippen molar-refractivity contribution in [1.29, 1.82) is 0 Å². The van der Waals surface area contributed by atoms with E-state index in [-0.39, 0.29) is 11.8 Å². The molecular formula is C19H27N3O2S. The Balaban J connectivity index is 1.53. The summed E-state index contributed by atoms with van der Waals surface area (Å²) in [5.41, 5.74) is 0.672. The average molecular weight is 362 g/mol. The first-order valence-corrected chi connectivity index (χ1v) is 10.2. The first-order chi connectivity index (χ1) is 12.2. The number of nitrogens with zero attached hydrogens (tertiary/aromatic N) is 1. The summed E-state index contributed by atoms with van der Waals surface area (Å²) in [5.74, 6) is 1.04. The fourth-order valence-electron chi connectivity index (χ4n) is 3.41. The number of carbonyl (C=O) groups excluding carboxylic acids is 2. The van der Waals surface area contributed by atoms with Crippen LogP contribution in [0.5, 0.6) is 0 Å². The van der Waals surface area contributed by atoms with E-state index in [2.05, 4.69) is 10.6 Å². The Morgan fingerprint density at radius 1 is 1.20 bits per heavy atom. The van der Waals surface area contributed by atoms with Crippen LogP contribution in [-0.2, 0) is 4.79 Å². The lowest BCUT2D eigenvalue weighted by molar-refractivity contribution is -0.127. The molecule has 1 aromatic carbocycles. The molecule has 1 atom stereocenters. The normalized spacial score (nSPS) is 20.5. The first-order valence-electron chi connectivity index (χ1n) is 9.22. The number of rotatable bonds is 6. The molecule has 6 heteroatoms. The van der Waals surface area contributed by atoms with Crippen LogP contribution < -0.4 is 10.6 Å². The van der Waals surface area contributed by atoms with Crippen molar-refractivity contribution in [2.45, 2.75) is 30.6 Å². The zero-order valence-electron chi connectivity index (χ0n) is 14.6. The second kappa shape index (κ2) is 9.25. The number of likely N-dealkylation sites (tertiary alicyclic amines) is 1. The van der Waals surface area contributed by atoms with Crippen molar-refractivity contribution in [3.05, 3.63) is 29.8 Å². The lowest BCUT2D eigenvalue weighted by Gasteiger charge is -2.23. The van der Waals surface area contributed by atoms with E-state index in [0.29, 0.717) is 23.8 Å². The molecule has 0 saturated carbocycles. The SMILES string of the molecule is O=C(NCC1CCCNC1)c1ccccc1SCC(=O)N1CCCC1. The van der Waals surface area contributed by atoms with Crippen LogP contribution in [0.3, 0.4) is 0 Å². The van der Waals surface area contributed by atoms with Gasteiger partial charge in [0, 0.05) is 24.5 Å². The highest BCUT2D eigenvalue weighted by atomic mass is 32.2. The number of benzene rings is 1. The molecule has 2 aliphatic heterocycles. The minimum atomic E-state index is -0.0395. The van der Waals surface area contributed by atoms with Gasteiger partial charge in [0.15, 0.2) is 0 Å². The minimum Gasteiger partial charge on any atom is -0.352 e. The van der Waals surface area contributed by atoms with Gasteiger partial charge in [-0.15, -0.1) is 11.8 Å². The Labute approximate surface area is 153 Å². The smallest absolute Gasteiger partial charge is 0.252 e. The minimum absolute atomic E-state index is 0.0395. The molecule has 2 N–H and O–H groups in total. The molecule has 1 unspecified atom stereocenters. The van der Waals surface area contributed by atoms with Gasteiger partial charge < -0.3 is 15.5 Å². The third-order valence-corrected chi connectivity index (χ3v) is 5.95. The quantitative estimate of drug-likeness (QED) is 0.762. The van der Waals surface area contributed by atoms with Crippen LogP contribution in [0.2, 0.25) is 0 Å². The van der Waals surface area contributed by atoms with Gasteiger partial charge in [-0.3, -0.25) is 9.59 Å². The summed E-state index contributed by atoms with van der Waals surface area (Å²) in [7, 11) is 0. The molecular weight excluding hydrogens is 334 g/mol. The van der Waals surface area contributed by atoms with Crippen molar-refractivity contribution in [3.63, 3.8) is 0 Å². The Kier molecular flexibility index (Phi) is 6.76. The van der Waals surface area contributed by atoms with Gasteiger partial charge in [0.2, 0.25) is 5.91 Å². The van der Waals surface area contributed by atoms with Gasteiger partial charge in [0.05, 0.1) is 11.3 Å². The monoisotopic (exact) mass is 361 g/mol. The second-order valence-corrected chi connectivity index (χ2v) is 7.81. The van der Waals surface area contributed by atoms with Crippen LogP contribution in [0.15, 0.2) is 29.2 Å². The predicted octanol–water partition coefficient (Wildman–Crippen LogP) is 2.13. The summed E-state index contributed by atoms with van der Waals surface area (Å²) in [4.78, 5) is 27.6. The first kappa shape index (κ1) is 18.3. The van der Waals surface area contributed by atoms with Gasteiger partial charge in [-0.05, 0) is 56.8 Å². The van der Waals surface area contributed by atoms with Gasteiger partial charge in [0.1, 0.15) is 0 Å². The van der Waals surface area contributed by atoms with E-state index in [1.807, 2.05) is 29.2 Å². The molecule has 0 radical (unpaired) electrons. The number of piperidine rings is 1. The lowest BCUT2D eigenvalue weighted by Crippen LogP contribution is -2.38. The van der Waals surface area contributed by atoms with Crippen molar-refractivity contribution >= 4 is 23.6 Å². The molecule has 1 aromatic rings. The fraction of sp³-hybridized carbons (Fsp3) is 0.579. The summed E-state index contributed by atoms with van der Waals surface area (Å²) in [5, 5.41) is 6.44. The Morgan fingerprint density at radius 2 is 2.00 bits per heavy atom. The molecule has 0 bridgehead atoms. The van der Waals surface area contributed by atoms with Crippen LogP contribution in [0, 0.1) is 5.92 Å². The van der Waals surface area contributed by atoms with Crippen molar-refractivity contribution in [2.75, 3.05) is 38.5 Å². The standard InChI is InChI=1S/C19H27N3O2S/c23-18(22-10-3-4-11-22)14-25-17-8-2-1-7-16(17)19(24)21-13-15-6-5-9-20-12-15/h1-2,7-8,15,20H,3-6,9-14H2,(H,21,24). The molecule has 2 aliphatic rings. The van der Waals surface area contributed by atoms with Crippen molar-refractivity contribution < 1.29 is 9.59 Å². The maximum atomic E-state index is 12.6. The number of hydrogen-bond donors (Lipinski definition) is 2. The molecule has 0 aliphatic carbocycles. The summed E-state index contributed by atoms with van der Waals surface area (Å²) < 4.78 is 0. The number of hydrogen-bond acceptors (Lipinski definition) is 4. The van der Waals surface area contributed by atoms with E-state index >= 15 is 0 Å². The van der Waals surface area contributed by atoms with Gasteiger partial charge in [-0.25, -0.2) is 0 Å². The molecule has 0 spiro atoms. The van der Waals surface area contributed by atoms with Crippen LogP contribution in [0.4, 0.5) is 0 Å².